The molecule has 0 unspecified atom stereocenters. The second-order valence-electron chi connectivity index (χ2n) is 1.23. The smallest absolute Gasteiger partial charge is 0.772 e. The molecule has 0 N–H and O–H groups in total. The van der Waals surface area contributed by atoms with E-state index in [2.05, 4.69) is 6.07 Å². The van der Waals surface area contributed by atoms with Gasteiger partial charge >= 0.3 is 35.6 Å². The van der Waals surface area contributed by atoms with E-state index in [0.717, 1.165) is 0 Å². The zero-order valence-corrected chi connectivity index (χ0v) is 11.9. The molecule has 13 heavy (non-hydrogen) atoms. The van der Waals surface area contributed by atoms with Crippen LogP contribution < -0.4 is 9.79 Å². The molecule has 1 rings (SSSR count). The monoisotopic (exact) mass is 342 g/mol. The van der Waals surface area contributed by atoms with Gasteiger partial charge in [0.1, 0.15) is 0 Å². The molecular formula is C6H5LaO4P2. The van der Waals surface area contributed by atoms with Crippen molar-refractivity contribution in [2.75, 3.05) is 0 Å². The molecule has 1 aromatic rings. The summed E-state index contributed by atoms with van der Waals surface area (Å²) in [7, 11) is -2.17. The van der Waals surface area contributed by atoms with Crippen LogP contribution in [-0.4, -0.2) is 0 Å². The average molecular weight is 342 g/mol. The third-order valence-electron chi connectivity index (χ3n) is 0.607. The normalized spacial score (nSPS) is 6.92. The first-order chi connectivity index (χ1) is 5.83. The van der Waals surface area contributed by atoms with Crippen molar-refractivity contribution in [3.63, 3.8) is 0 Å². The van der Waals surface area contributed by atoms with E-state index >= 15 is 0 Å². The van der Waals surface area contributed by atoms with Crippen LogP contribution >= 0.6 is 17.4 Å². The second-order valence-corrected chi connectivity index (χ2v) is 1.52. The molecule has 0 aromatic heterocycles. The molecule has 7 heteroatoms. The van der Waals surface area contributed by atoms with E-state index in [9.17, 15) is 0 Å². The standard InChI is InChI=1S/C6H5.La.2HO2P/c1-2-4-6-5-3-1;;2*1-3-2/h1-5H;;2*(H,1,2)/q-1;+3;;/p-2. The summed E-state index contributed by atoms with van der Waals surface area (Å²) >= 11 is 0. The van der Waals surface area contributed by atoms with Crippen LogP contribution in [-0.2, 0) is 9.13 Å². The predicted octanol–water partition coefficient (Wildman–Crippen LogP) is 0.594. The van der Waals surface area contributed by atoms with Crippen LogP contribution in [0.1, 0.15) is 0 Å². The van der Waals surface area contributed by atoms with Crippen molar-refractivity contribution in [2.45, 2.75) is 0 Å². The number of hydrogen-bond donors (Lipinski definition) is 0. The fourth-order valence-corrected chi connectivity index (χ4v) is 0.342. The zero-order chi connectivity index (χ0) is 9.66. The Morgan fingerprint density at radius 3 is 1.31 bits per heavy atom. The quantitative estimate of drug-likeness (QED) is 0.511. The molecule has 0 heterocycles. The molecule has 0 bridgehead atoms. The third kappa shape index (κ3) is 32.6. The fraction of sp³-hybridized carbons (Fsp3) is 0. The molecule has 0 saturated carbocycles. The van der Waals surface area contributed by atoms with Crippen LogP contribution in [0.3, 0.4) is 0 Å². The Balaban J connectivity index is -0.000000126. The number of hydrogen-bond acceptors (Lipinski definition) is 4. The first-order valence-electron chi connectivity index (χ1n) is 2.64. The maximum Gasteiger partial charge on any atom is 3.00 e. The molecule has 1 aromatic carbocycles. The van der Waals surface area contributed by atoms with Crippen molar-refractivity contribution >= 4 is 17.4 Å². The first kappa shape index (κ1) is 19.2. The maximum absolute atomic E-state index is 8.35. The molecule has 0 amide bonds. The Hall–Kier alpha value is 0.535. The van der Waals surface area contributed by atoms with Crippen molar-refractivity contribution in [1.82, 2.24) is 0 Å². The Morgan fingerprint density at radius 1 is 0.923 bits per heavy atom. The van der Waals surface area contributed by atoms with Crippen molar-refractivity contribution in [3.05, 3.63) is 36.4 Å². The predicted molar refractivity (Wildman–Crippen MR) is 40.5 cm³/mol. The van der Waals surface area contributed by atoms with E-state index in [0.29, 0.717) is 0 Å². The van der Waals surface area contributed by atoms with E-state index in [1.165, 1.54) is 0 Å². The van der Waals surface area contributed by atoms with E-state index < -0.39 is 17.4 Å². The molecule has 0 aliphatic heterocycles. The van der Waals surface area contributed by atoms with Gasteiger partial charge < -0.3 is 9.79 Å². The van der Waals surface area contributed by atoms with Crippen molar-refractivity contribution in [2.24, 2.45) is 0 Å². The van der Waals surface area contributed by atoms with Gasteiger partial charge in [-0.1, -0.05) is 0 Å². The maximum atomic E-state index is 8.35. The molecular weight excluding hydrogens is 337 g/mol. The Morgan fingerprint density at radius 2 is 1.23 bits per heavy atom. The van der Waals surface area contributed by atoms with Crippen LogP contribution in [0.15, 0.2) is 30.3 Å². The van der Waals surface area contributed by atoms with E-state index in [1.807, 2.05) is 30.3 Å². The van der Waals surface area contributed by atoms with Gasteiger partial charge in [-0.15, -0.1) is 0 Å². The topological polar surface area (TPSA) is 80.3 Å². The summed E-state index contributed by atoms with van der Waals surface area (Å²) in [5, 5.41) is 0. The van der Waals surface area contributed by atoms with Gasteiger partial charge in [0.25, 0.3) is 0 Å². The van der Waals surface area contributed by atoms with Gasteiger partial charge in [0.05, 0.1) is 17.4 Å². The van der Waals surface area contributed by atoms with Crippen LogP contribution in [0.5, 0.6) is 0 Å². The fourth-order valence-electron chi connectivity index (χ4n) is 0.342. The number of rotatable bonds is 0. The third-order valence-corrected chi connectivity index (χ3v) is 0.607. The SMILES string of the molecule is O=P[O-].O=P[O-].[La+3].[c-]1ccccc1. The van der Waals surface area contributed by atoms with E-state index in [-0.39, 0.29) is 35.6 Å². The average Bonchev–Trinajstić information content (AvgIpc) is 2.10. The van der Waals surface area contributed by atoms with Gasteiger partial charge in [-0.25, -0.2) is 0 Å². The van der Waals surface area contributed by atoms with Crippen molar-refractivity contribution in [1.29, 1.82) is 0 Å². The molecule has 0 atom stereocenters. The van der Waals surface area contributed by atoms with Crippen LogP contribution in [0, 0.1) is 41.7 Å². The first-order valence-corrected chi connectivity index (χ1v) is 4.10. The minimum Gasteiger partial charge on any atom is -0.772 e. The van der Waals surface area contributed by atoms with Gasteiger partial charge in [0, 0.05) is 0 Å². The summed E-state index contributed by atoms with van der Waals surface area (Å²) in [6.07, 6.45) is 0. The molecule has 0 aliphatic rings. The minimum absolute atomic E-state index is 0. The summed E-state index contributed by atoms with van der Waals surface area (Å²) in [6.45, 7) is 0. The van der Waals surface area contributed by atoms with Gasteiger partial charge in [0.15, 0.2) is 0 Å². The van der Waals surface area contributed by atoms with Crippen molar-refractivity contribution in [3.8, 4) is 0 Å². The van der Waals surface area contributed by atoms with Gasteiger partial charge in [-0.05, 0) is 0 Å². The largest absolute Gasteiger partial charge is 3.00 e. The van der Waals surface area contributed by atoms with Gasteiger partial charge in [0.2, 0.25) is 0 Å². The molecule has 66 valence electrons. The van der Waals surface area contributed by atoms with Gasteiger partial charge in [-0.2, -0.15) is 36.4 Å². The molecule has 0 saturated heterocycles. The number of benzene rings is 1. The molecule has 0 spiro atoms. The molecule has 0 aliphatic carbocycles. The van der Waals surface area contributed by atoms with Crippen LogP contribution in [0.25, 0.3) is 0 Å². The van der Waals surface area contributed by atoms with Crippen LogP contribution in [0.2, 0.25) is 0 Å². The molecule has 0 fully saturated rings. The summed E-state index contributed by atoms with van der Waals surface area (Å²) in [6, 6.07) is 12.5. The Labute approximate surface area is 108 Å². The summed E-state index contributed by atoms with van der Waals surface area (Å²) in [4.78, 5) is 16.7. The summed E-state index contributed by atoms with van der Waals surface area (Å²) in [5.74, 6) is 0. The summed E-state index contributed by atoms with van der Waals surface area (Å²) in [5.41, 5.74) is 0. The molecule has 4 nitrogen and oxygen atoms in total. The Bertz CT molecular complexity index is 153. The van der Waals surface area contributed by atoms with Crippen LogP contribution in [0.4, 0.5) is 0 Å². The zero-order valence-electron chi connectivity index (χ0n) is 6.49. The minimum atomic E-state index is -1.08. The molecule has 0 radical (unpaired) electrons. The second kappa shape index (κ2) is 22.9. The Kier molecular flexibility index (Phi) is 33.7. The van der Waals surface area contributed by atoms with E-state index in [1.54, 1.807) is 0 Å². The van der Waals surface area contributed by atoms with Gasteiger partial charge in [-0.3, -0.25) is 9.13 Å². The van der Waals surface area contributed by atoms with Crippen molar-refractivity contribution < 1.29 is 54.5 Å². The summed E-state index contributed by atoms with van der Waals surface area (Å²) < 4.78 is 16.7. The van der Waals surface area contributed by atoms with E-state index in [4.69, 9.17) is 18.9 Å².